The maximum absolute atomic E-state index is 11.9. The fourth-order valence-corrected chi connectivity index (χ4v) is 3.78. The molecule has 1 aromatic heterocycles. The molecule has 22 heavy (non-hydrogen) atoms. The summed E-state index contributed by atoms with van der Waals surface area (Å²) < 4.78 is 2.34. The van der Waals surface area contributed by atoms with E-state index in [9.17, 15) is 4.79 Å². The standard InChI is InChI=1S/C19H26N2O/c1-4-11-20(12-5-2)21-13-15-7-6-8-17-16(14(3)22)9-10-18(21)19(15)17/h9-10,13H,4-8,11-12H2,1-3H3. The third-order valence-electron chi connectivity index (χ3n) is 4.66. The SMILES string of the molecule is CCCN(CCC)n1cc2c3c(c(C(C)=O)ccc31)CCC2. The van der Waals surface area contributed by atoms with E-state index in [1.165, 1.54) is 22.0 Å². The molecule has 1 aliphatic carbocycles. The van der Waals surface area contributed by atoms with Crippen molar-refractivity contribution in [2.75, 3.05) is 18.1 Å². The molecule has 0 N–H and O–H groups in total. The number of benzene rings is 1. The predicted octanol–water partition coefficient (Wildman–Crippen LogP) is 4.09. The molecule has 2 aromatic rings. The molecule has 1 aromatic carbocycles. The molecular formula is C19H26N2O. The number of carbonyl (C=O) groups is 1. The van der Waals surface area contributed by atoms with Gasteiger partial charge in [-0.2, -0.15) is 0 Å². The summed E-state index contributed by atoms with van der Waals surface area (Å²) >= 11 is 0. The first kappa shape index (κ1) is 15.1. The van der Waals surface area contributed by atoms with E-state index < -0.39 is 0 Å². The molecule has 0 unspecified atom stereocenters. The summed E-state index contributed by atoms with van der Waals surface area (Å²) in [7, 11) is 0. The third kappa shape index (κ3) is 2.43. The Labute approximate surface area is 132 Å². The van der Waals surface area contributed by atoms with E-state index in [2.05, 4.69) is 35.8 Å². The van der Waals surface area contributed by atoms with E-state index in [1.54, 1.807) is 6.92 Å². The van der Waals surface area contributed by atoms with Crippen LogP contribution in [0.1, 0.15) is 61.5 Å². The maximum atomic E-state index is 11.9. The van der Waals surface area contributed by atoms with Gasteiger partial charge in [-0.25, -0.2) is 0 Å². The van der Waals surface area contributed by atoms with Gasteiger partial charge >= 0.3 is 0 Å². The summed E-state index contributed by atoms with van der Waals surface area (Å²) in [5.74, 6) is 0.191. The minimum atomic E-state index is 0.191. The summed E-state index contributed by atoms with van der Waals surface area (Å²) in [4.78, 5) is 11.9. The van der Waals surface area contributed by atoms with Crippen LogP contribution in [-0.2, 0) is 12.8 Å². The van der Waals surface area contributed by atoms with Crippen molar-refractivity contribution in [2.45, 2.75) is 52.9 Å². The van der Waals surface area contributed by atoms with E-state index in [-0.39, 0.29) is 5.78 Å². The van der Waals surface area contributed by atoms with Crippen LogP contribution in [-0.4, -0.2) is 23.5 Å². The molecule has 0 spiro atoms. The highest BCUT2D eigenvalue weighted by Gasteiger charge is 2.22. The molecule has 0 fully saturated rings. The monoisotopic (exact) mass is 298 g/mol. The highest BCUT2D eigenvalue weighted by atomic mass is 16.1. The average Bonchev–Trinajstić information content (AvgIpc) is 2.88. The highest BCUT2D eigenvalue weighted by molar-refractivity contribution is 6.02. The number of hydrogen-bond donors (Lipinski definition) is 0. The van der Waals surface area contributed by atoms with Crippen LogP contribution >= 0.6 is 0 Å². The van der Waals surface area contributed by atoms with Crippen LogP contribution in [0.5, 0.6) is 0 Å². The number of aromatic nitrogens is 1. The second-order valence-electron chi connectivity index (χ2n) is 6.35. The molecule has 1 heterocycles. The van der Waals surface area contributed by atoms with Crippen LogP contribution < -0.4 is 5.01 Å². The molecule has 0 aliphatic heterocycles. The Hall–Kier alpha value is -1.77. The number of carbonyl (C=O) groups excluding carboxylic acids is 1. The van der Waals surface area contributed by atoms with E-state index in [4.69, 9.17) is 0 Å². The summed E-state index contributed by atoms with van der Waals surface area (Å²) in [6.07, 6.45) is 7.91. The second kappa shape index (κ2) is 6.15. The number of hydrogen-bond acceptors (Lipinski definition) is 2. The predicted molar refractivity (Wildman–Crippen MR) is 92.5 cm³/mol. The summed E-state index contributed by atoms with van der Waals surface area (Å²) in [6, 6.07) is 4.17. The Balaban J connectivity index is 2.18. The van der Waals surface area contributed by atoms with Gasteiger partial charge in [0.05, 0.1) is 5.52 Å². The van der Waals surface area contributed by atoms with Crippen molar-refractivity contribution in [1.29, 1.82) is 0 Å². The fraction of sp³-hybridized carbons (Fsp3) is 0.526. The van der Waals surface area contributed by atoms with Crippen molar-refractivity contribution >= 4 is 16.7 Å². The van der Waals surface area contributed by atoms with Gasteiger partial charge < -0.3 is 5.01 Å². The summed E-state index contributed by atoms with van der Waals surface area (Å²) in [6.45, 7) is 8.28. The molecule has 0 atom stereocenters. The van der Waals surface area contributed by atoms with E-state index in [0.29, 0.717) is 0 Å². The number of Topliss-reactive ketones (excluding diaryl/α,β-unsaturated/α-hetero) is 1. The Morgan fingerprint density at radius 1 is 1.18 bits per heavy atom. The molecule has 0 bridgehead atoms. The Morgan fingerprint density at radius 2 is 1.91 bits per heavy atom. The number of aryl methyl sites for hydroxylation is 2. The number of nitrogens with zero attached hydrogens (tertiary/aromatic N) is 2. The minimum Gasteiger partial charge on any atom is -0.313 e. The molecular weight excluding hydrogens is 272 g/mol. The maximum Gasteiger partial charge on any atom is 0.160 e. The molecule has 118 valence electrons. The molecule has 3 nitrogen and oxygen atoms in total. The van der Waals surface area contributed by atoms with Crippen molar-refractivity contribution in [3.05, 3.63) is 35.0 Å². The first-order valence-electron chi connectivity index (χ1n) is 8.59. The quantitative estimate of drug-likeness (QED) is 0.750. The first-order chi connectivity index (χ1) is 10.7. The highest BCUT2D eigenvalue weighted by Crippen LogP contribution is 2.34. The second-order valence-corrected chi connectivity index (χ2v) is 6.35. The van der Waals surface area contributed by atoms with Crippen LogP contribution in [0, 0.1) is 0 Å². The van der Waals surface area contributed by atoms with E-state index in [1.807, 2.05) is 6.07 Å². The van der Waals surface area contributed by atoms with Crippen molar-refractivity contribution in [1.82, 2.24) is 4.68 Å². The summed E-state index contributed by atoms with van der Waals surface area (Å²) in [5, 5.41) is 3.78. The fourth-order valence-electron chi connectivity index (χ4n) is 3.78. The first-order valence-corrected chi connectivity index (χ1v) is 8.59. The molecule has 0 saturated heterocycles. The van der Waals surface area contributed by atoms with E-state index in [0.717, 1.165) is 50.8 Å². The van der Waals surface area contributed by atoms with Gasteiger partial charge in [-0.05, 0) is 62.3 Å². The zero-order valence-electron chi connectivity index (χ0n) is 14.0. The van der Waals surface area contributed by atoms with Crippen LogP contribution in [0.3, 0.4) is 0 Å². The number of rotatable bonds is 6. The topological polar surface area (TPSA) is 25.2 Å². The van der Waals surface area contributed by atoms with Crippen molar-refractivity contribution in [2.24, 2.45) is 0 Å². The van der Waals surface area contributed by atoms with E-state index >= 15 is 0 Å². The zero-order chi connectivity index (χ0) is 15.7. The smallest absolute Gasteiger partial charge is 0.160 e. The van der Waals surface area contributed by atoms with Gasteiger partial charge in [-0.15, -0.1) is 0 Å². The van der Waals surface area contributed by atoms with Gasteiger partial charge in [-0.3, -0.25) is 9.47 Å². The van der Waals surface area contributed by atoms with Gasteiger partial charge in [0.15, 0.2) is 5.78 Å². The molecule has 0 amide bonds. The van der Waals surface area contributed by atoms with Gasteiger partial charge in [0.1, 0.15) is 0 Å². The van der Waals surface area contributed by atoms with Crippen LogP contribution in [0.25, 0.3) is 10.9 Å². The van der Waals surface area contributed by atoms with Gasteiger partial charge in [0.2, 0.25) is 0 Å². The Bertz CT molecular complexity index is 693. The van der Waals surface area contributed by atoms with Crippen LogP contribution in [0.4, 0.5) is 0 Å². The molecule has 3 rings (SSSR count). The normalized spacial score (nSPS) is 13.6. The molecule has 3 heteroatoms. The van der Waals surface area contributed by atoms with Gasteiger partial charge in [-0.1, -0.05) is 13.8 Å². The lowest BCUT2D eigenvalue weighted by molar-refractivity contribution is 0.101. The molecule has 1 aliphatic rings. The van der Waals surface area contributed by atoms with Crippen molar-refractivity contribution < 1.29 is 4.79 Å². The number of ketones is 1. The lowest BCUT2D eigenvalue weighted by atomic mass is 9.88. The lowest BCUT2D eigenvalue weighted by Crippen LogP contribution is -2.35. The molecule has 0 saturated carbocycles. The Kier molecular flexibility index (Phi) is 4.23. The van der Waals surface area contributed by atoms with Gasteiger partial charge in [0, 0.05) is 30.2 Å². The largest absolute Gasteiger partial charge is 0.313 e. The third-order valence-corrected chi connectivity index (χ3v) is 4.66. The van der Waals surface area contributed by atoms with Crippen LogP contribution in [0.15, 0.2) is 18.3 Å². The minimum absolute atomic E-state index is 0.191. The van der Waals surface area contributed by atoms with Crippen molar-refractivity contribution in [3.8, 4) is 0 Å². The molecule has 0 radical (unpaired) electrons. The zero-order valence-corrected chi connectivity index (χ0v) is 14.0. The lowest BCUT2D eigenvalue weighted by Gasteiger charge is -2.26. The average molecular weight is 298 g/mol. The van der Waals surface area contributed by atoms with Crippen molar-refractivity contribution in [3.63, 3.8) is 0 Å². The summed E-state index contributed by atoms with van der Waals surface area (Å²) in [5.41, 5.74) is 4.88. The Morgan fingerprint density at radius 3 is 2.55 bits per heavy atom. The van der Waals surface area contributed by atoms with Gasteiger partial charge in [0.25, 0.3) is 0 Å². The van der Waals surface area contributed by atoms with Crippen LogP contribution in [0.2, 0.25) is 0 Å².